The number of carbonyl (C=O) groups is 6. The molecule has 1 saturated heterocycles. The van der Waals surface area contributed by atoms with Gasteiger partial charge in [0.1, 0.15) is 12.3 Å². The molecule has 0 aromatic rings. The van der Waals surface area contributed by atoms with Crippen LogP contribution in [0.4, 0.5) is 0 Å². The van der Waals surface area contributed by atoms with Gasteiger partial charge in [-0.25, -0.2) is 0 Å². The van der Waals surface area contributed by atoms with Crippen molar-refractivity contribution < 1.29 is 66.7 Å². The van der Waals surface area contributed by atoms with Crippen LogP contribution < -0.4 is 16.0 Å². The van der Waals surface area contributed by atoms with Gasteiger partial charge in [-0.3, -0.25) is 28.9 Å². The first kappa shape index (κ1) is 45.9. The normalized spacial score (nSPS) is 13.5. The highest BCUT2D eigenvalue weighted by Crippen LogP contribution is 2.11. The van der Waals surface area contributed by atoms with Crippen LogP contribution in [0.1, 0.15) is 39.5 Å². The molecule has 0 aromatic heterocycles. The molecule has 1 unspecified atom stereocenters. The molecule has 294 valence electrons. The molecule has 5 amide bonds. The first-order valence-electron chi connectivity index (χ1n) is 17.5. The van der Waals surface area contributed by atoms with Crippen molar-refractivity contribution in [2.45, 2.75) is 45.6 Å². The number of nitrogens with one attached hydrogen (secondary N) is 3. The number of imide groups is 1. The molecule has 0 aliphatic carbocycles. The van der Waals surface area contributed by atoms with E-state index < -0.39 is 11.9 Å². The molecule has 1 aliphatic rings. The quantitative estimate of drug-likeness (QED) is 0.0389. The van der Waals surface area contributed by atoms with Gasteiger partial charge in [-0.1, -0.05) is 13.8 Å². The molecule has 1 fully saturated rings. The van der Waals surface area contributed by atoms with Crippen molar-refractivity contribution in [1.82, 2.24) is 20.9 Å². The van der Waals surface area contributed by atoms with Crippen LogP contribution in [0.2, 0.25) is 0 Å². The molecule has 18 nitrogen and oxygen atoms in total. The molecule has 0 spiro atoms. The SMILES string of the molecule is CC(C)C(NC(=O)CCOCCOCCOCCOCCOCCOCCOCCOCCNC(=O)CCN1C(=O)CCC1=O)C(=O)NCC=O. The maximum absolute atomic E-state index is 12.1. The standard InChI is InChI=1S/C33H58N4O14/c1-27(2)32(33(43)35-7-10-38)36-29(40)6-11-44-13-15-46-17-19-48-21-23-50-25-26-51-24-22-49-20-18-47-16-14-45-12-8-34-28(39)5-9-37-30(41)3-4-31(37)42/h10,27,32H,3-9,11-26H2,1-2H3,(H,34,39)(H,35,43)(H,36,40). The second-order valence-electron chi connectivity index (χ2n) is 11.4. The van der Waals surface area contributed by atoms with Crippen molar-refractivity contribution >= 4 is 35.8 Å². The number of amides is 5. The van der Waals surface area contributed by atoms with E-state index in [1.54, 1.807) is 13.8 Å². The molecule has 3 N–H and O–H groups in total. The van der Waals surface area contributed by atoms with Gasteiger partial charge < -0.3 is 58.6 Å². The van der Waals surface area contributed by atoms with Gasteiger partial charge in [0, 0.05) is 38.8 Å². The van der Waals surface area contributed by atoms with E-state index in [1.807, 2.05) is 0 Å². The fraction of sp³-hybridized carbons (Fsp3) is 0.818. The Morgan fingerprint density at radius 3 is 1.43 bits per heavy atom. The number of nitrogens with zero attached hydrogens (tertiary/aromatic N) is 1. The van der Waals surface area contributed by atoms with Gasteiger partial charge in [0.25, 0.3) is 0 Å². The monoisotopic (exact) mass is 734 g/mol. The summed E-state index contributed by atoms with van der Waals surface area (Å²) in [5, 5.41) is 7.80. The molecule has 1 aliphatic heterocycles. The summed E-state index contributed by atoms with van der Waals surface area (Å²) in [4.78, 5) is 70.6. The third-order valence-electron chi connectivity index (χ3n) is 6.99. The largest absolute Gasteiger partial charge is 0.379 e. The third kappa shape index (κ3) is 25.5. The fourth-order valence-electron chi connectivity index (χ4n) is 4.28. The van der Waals surface area contributed by atoms with Gasteiger partial charge in [-0.2, -0.15) is 0 Å². The predicted molar refractivity (Wildman–Crippen MR) is 181 cm³/mol. The number of likely N-dealkylation sites (tertiary alicyclic amines) is 1. The number of hydrogen-bond donors (Lipinski definition) is 3. The minimum atomic E-state index is -0.714. The van der Waals surface area contributed by atoms with E-state index in [9.17, 15) is 28.8 Å². The lowest BCUT2D eigenvalue weighted by Crippen LogP contribution is -2.50. The summed E-state index contributed by atoms with van der Waals surface area (Å²) < 4.78 is 43.4. The maximum Gasteiger partial charge on any atom is 0.243 e. The highest BCUT2D eigenvalue weighted by molar-refractivity contribution is 6.02. The van der Waals surface area contributed by atoms with Gasteiger partial charge in [-0.15, -0.1) is 0 Å². The van der Waals surface area contributed by atoms with Crippen molar-refractivity contribution in [3.63, 3.8) is 0 Å². The summed E-state index contributed by atoms with van der Waals surface area (Å²) in [6, 6.07) is -0.714. The van der Waals surface area contributed by atoms with Crippen LogP contribution in [-0.4, -0.2) is 172 Å². The van der Waals surface area contributed by atoms with Crippen molar-refractivity contribution in [2.24, 2.45) is 5.92 Å². The summed E-state index contributed by atoms with van der Waals surface area (Å²) in [5.41, 5.74) is 0. The highest BCUT2D eigenvalue weighted by atomic mass is 16.6. The minimum absolute atomic E-state index is 0.0821. The molecule has 0 saturated carbocycles. The first-order chi connectivity index (χ1) is 24.8. The Morgan fingerprint density at radius 1 is 0.608 bits per heavy atom. The fourth-order valence-corrected chi connectivity index (χ4v) is 4.28. The number of aldehydes is 1. The van der Waals surface area contributed by atoms with Gasteiger partial charge in [0.15, 0.2) is 0 Å². The van der Waals surface area contributed by atoms with Crippen LogP contribution in [0, 0.1) is 5.92 Å². The van der Waals surface area contributed by atoms with Gasteiger partial charge in [0.2, 0.25) is 29.5 Å². The smallest absolute Gasteiger partial charge is 0.243 e. The Kier molecular flexibility index (Phi) is 28.5. The molecule has 1 atom stereocenters. The molecule has 51 heavy (non-hydrogen) atoms. The van der Waals surface area contributed by atoms with Crippen molar-refractivity contribution in [3.05, 3.63) is 0 Å². The van der Waals surface area contributed by atoms with Crippen LogP contribution >= 0.6 is 0 Å². The van der Waals surface area contributed by atoms with E-state index in [-0.39, 0.29) is 74.9 Å². The molecule has 1 rings (SSSR count). The zero-order valence-corrected chi connectivity index (χ0v) is 30.2. The Morgan fingerprint density at radius 2 is 1.02 bits per heavy atom. The van der Waals surface area contributed by atoms with E-state index in [0.29, 0.717) is 112 Å². The summed E-state index contributed by atoms with van der Waals surface area (Å²) in [7, 11) is 0. The van der Waals surface area contributed by atoms with E-state index in [1.165, 1.54) is 0 Å². The van der Waals surface area contributed by atoms with Crippen molar-refractivity contribution in [3.8, 4) is 0 Å². The summed E-state index contributed by atoms with van der Waals surface area (Å²) >= 11 is 0. The van der Waals surface area contributed by atoms with Crippen molar-refractivity contribution in [1.29, 1.82) is 0 Å². The molecular formula is C33H58N4O14. The van der Waals surface area contributed by atoms with E-state index >= 15 is 0 Å². The molecule has 18 heteroatoms. The van der Waals surface area contributed by atoms with Crippen molar-refractivity contribution in [2.75, 3.05) is 125 Å². The molecule has 0 radical (unpaired) electrons. The second kappa shape index (κ2) is 31.6. The second-order valence-corrected chi connectivity index (χ2v) is 11.4. The van der Waals surface area contributed by atoms with Gasteiger partial charge in [0.05, 0.1) is 112 Å². The topological polar surface area (TPSA) is 216 Å². The summed E-state index contributed by atoms with van der Waals surface area (Å²) in [6.45, 7) is 10.2. The number of rotatable bonds is 35. The Hall–Kier alpha value is -3.10. The lowest BCUT2D eigenvalue weighted by molar-refractivity contribution is -0.138. The van der Waals surface area contributed by atoms with Crippen LogP contribution in [0.15, 0.2) is 0 Å². The van der Waals surface area contributed by atoms with Crippen LogP contribution in [0.5, 0.6) is 0 Å². The average Bonchev–Trinajstić information content (AvgIpc) is 3.43. The molecule has 1 heterocycles. The number of ether oxygens (including phenoxy) is 8. The summed E-state index contributed by atoms with van der Waals surface area (Å²) in [5.74, 6) is -1.52. The third-order valence-corrected chi connectivity index (χ3v) is 6.99. The first-order valence-corrected chi connectivity index (χ1v) is 17.5. The predicted octanol–water partition coefficient (Wildman–Crippen LogP) is -1.38. The number of hydrogen-bond acceptors (Lipinski definition) is 14. The van der Waals surface area contributed by atoms with Gasteiger partial charge in [-0.05, 0) is 5.92 Å². The molecular weight excluding hydrogens is 676 g/mol. The lowest BCUT2D eigenvalue weighted by Gasteiger charge is -2.21. The maximum atomic E-state index is 12.1. The number of carbonyl (C=O) groups excluding carboxylic acids is 6. The Bertz CT molecular complexity index is 971. The molecule has 0 aromatic carbocycles. The van der Waals surface area contributed by atoms with Crippen LogP contribution in [0.25, 0.3) is 0 Å². The minimum Gasteiger partial charge on any atom is -0.379 e. The lowest BCUT2D eigenvalue weighted by atomic mass is 10.0. The van der Waals surface area contributed by atoms with E-state index in [2.05, 4.69) is 16.0 Å². The summed E-state index contributed by atoms with van der Waals surface area (Å²) in [6.07, 6.45) is 1.21. The van der Waals surface area contributed by atoms with E-state index in [4.69, 9.17) is 37.9 Å². The zero-order chi connectivity index (χ0) is 37.4. The Labute approximate surface area is 300 Å². The highest BCUT2D eigenvalue weighted by Gasteiger charge is 2.28. The van der Waals surface area contributed by atoms with E-state index in [0.717, 1.165) is 4.90 Å². The van der Waals surface area contributed by atoms with Crippen LogP contribution in [-0.2, 0) is 66.7 Å². The van der Waals surface area contributed by atoms with Gasteiger partial charge >= 0.3 is 0 Å². The zero-order valence-electron chi connectivity index (χ0n) is 30.2. The Balaban J connectivity index is 1.75. The average molecular weight is 735 g/mol. The molecule has 0 bridgehead atoms. The van der Waals surface area contributed by atoms with Crippen LogP contribution in [0.3, 0.4) is 0 Å².